The van der Waals surface area contributed by atoms with E-state index in [1.807, 2.05) is 19.9 Å². The summed E-state index contributed by atoms with van der Waals surface area (Å²) >= 11 is 4.86. The number of phenols is 1. The molecule has 0 aliphatic heterocycles. The summed E-state index contributed by atoms with van der Waals surface area (Å²) in [7, 11) is 0. The second-order valence-electron chi connectivity index (χ2n) is 7.15. The summed E-state index contributed by atoms with van der Waals surface area (Å²) in [5.41, 5.74) is 3.88. The van der Waals surface area contributed by atoms with Crippen LogP contribution in [0.1, 0.15) is 57.5 Å². The Hall–Kier alpha value is -2.12. The van der Waals surface area contributed by atoms with Gasteiger partial charge in [-0.3, -0.25) is 0 Å². The molecule has 29 heavy (non-hydrogen) atoms. The number of aliphatic imine (C=N–C) groups is 1. The lowest BCUT2D eigenvalue weighted by atomic mass is 9.94. The molecule has 1 N–H and O–H groups in total. The van der Waals surface area contributed by atoms with E-state index in [-0.39, 0.29) is 11.7 Å². The summed E-state index contributed by atoms with van der Waals surface area (Å²) in [5.74, 6) is 0.748. The minimum absolute atomic E-state index is 0.123. The van der Waals surface area contributed by atoms with Gasteiger partial charge >= 0.3 is 5.97 Å². The predicted octanol–water partition coefficient (Wildman–Crippen LogP) is 6.39. The van der Waals surface area contributed by atoms with Gasteiger partial charge in [0.1, 0.15) is 22.1 Å². The number of rotatable bonds is 4. The van der Waals surface area contributed by atoms with Crippen molar-refractivity contribution in [2.24, 2.45) is 4.99 Å². The maximum atomic E-state index is 12.4. The average Bonchev–Trinajstić information content (AvgIpc) is 3.19. The van der Waals surface area contributed by atoms with E-state index in [0.29, 0.717) is 27.2 Å². The Bertz CT molecular complexity index is 1140. The Labute approximate surface area is 181 Å². The third kappa shape index (κ3) is 3.51. The third-order valence-electron chi connectivity index (χ3n) is 5.36. The summed E-state index contributed by atoms with van der Waals surface area (Å²) < 4.78 is 11.8. The van der Waals surface area contributed by atoms with Gasteiger partial charge in [-0.2, -0.15) is 0 Å². The van der Waals surface area contributed by atoms with E-state index in [1.54, 1.807) is 13.1 Å². The number of aryl methyl sites for hydroxylation is 3. The van der Waals surface area contributed by atoms with E-state index in [4.69, 9.17) is 9.15 Å². The van der Waals surface area contributed by atoms with Crippen LogP contribution in [-0.4, -0.2) is 23.9 Å². The molecule has 152 valence electrons. The second kappa shape index (κ2) is 7.95. The number of fused-ring (bicyclic) bond motifs is 3. The highest BCUT2D eigenvalue weighted by molar-refractivity contribution is 9.10. The SMILES string of the molecule is CCOC(=O)c1c(/N=C/c2c(O)c(Br)cc3oc4c(c23)CCCC4)sc(C)c1C. The normalized spacial score (nSPS) is 13.9. The fraction of sp³-hybridized carbons (Fsp3) is 0.364. The van der Waals surface area contributed by atoms with E-state index in [2.05, 4.69) is 20.9 Å². The first-order valence-electron chi connectivity index (χ1n) is 9.69. The lowest BCUT2D eigenvalue weighted by Gasteiger charge is -2.10. The lowest BCUT2D eigenvalue weighted by Crippen LogP contribution is -2.05. The van der Waals surface area contributed by atoms with E-state index in [1.165, 1.54) is 11.3 Å². The number of thiophene rings is 1. The number of benzene rings is 1. The summed E-state index contributed by atoms with van der Waals surface area (Å²) in [6.45, 7) is 5.96. The van der Waals surface area contributed by atoms with Gasteiger partial charge < -0.3 is 14.3 Å². The van der Waals surface area contributed by atoms with Crippen LogP contribution < -0.4 is 0 Å². The lowest BCUT2D eigenvalue weighted by molar-refractivity contribution is 0.0527. The first kappa shape index (κ1) is 20.2. The van der Waals surface area contributed by atoms with Crippen molar-refractivity contribution in [1.82, 2.24) is 0 Å². The topological polar surface area (TPSA) is 72.0 Å². The average molecular weight is 476 g/mol. The predicted molar refractivity (Wildman–Crippen MR) is 119 cm³/mol. The number of halogens is 1. The van der Waals surface area contributed by atoms with Crippen LogP contribution >= 0.6 is 27.3 Å². The molecule has 0 bridgehead atoms. The largest absolute Gasteiger partial charge is 0.506 e. The van der Waals surface area contributed by atoms with E-state index in [9.17, 15) is 9.90 Å². The molecule has 1 aromatic carbocycles. The van der Waals surface area contributed by atoms with Crippen LogP contribution in [0.5, 0.6) is 5.75 Å². The second-order valence-corrected chi connectivity index (χ2v) is 9.20. The van der Waals surface area contributed by atoms with Crippen molar-refractivity contribution in [1.29, 1.82) is 0 Å². The molecule has 0 atom stereocenters. The van der Waals surface area contributed by atoms with Crippen LogP contribution in [0.2, 0.25) is 0 Å². The number of aromatic hydroxyl groups is 1. The fourth-order valence-electron chi connectivity index (χ4n) is 3.81. The maximum absolute atomic E-state index is 12.4. The van der Waals surface area contributed by atoms with Crippen LogP contribution in [-0.2, 0) is 17.6 Å². The Morgan fingerprint density at radius 1 is 1.38 bits per heavy atom. The maximum Gasteiger partial charge on any atom is 0.341 e. The van der Waals surface area contributed by atoms with Crippen LogP contribution in [0, 0.1) is 13.8 Å². The number of esters is 1. The first-order chi connectivity index (χ1) is 13.9. The van der Waals surface area contributed by atoms with E-state index < -0.39 is 0 Å². The molecule has 2 heterocycles. The highest BCUT2D eigenvalue weighted by Crippen LogP contribution is 2.41. The fourth-order valence-corrected chi connectivity index (χ4v) is 5.22. The molecule has 0 saturated heterocycles. The van der Waals surface area contributed by atoms with Crippen molar-refractivity contribution in [2.45, 2.75) is 46.5 Å². The standard InChI is InChI=1S/C22H22BrNO4S/c1-4-27-22(26)18-11(2)12(3)29-21(18)24-10-14-19-13-7-5-6-8-16(13)28-17(19)9-15(23)20(14)25/h9-10,25H,4-8H2,1-3H3/b24-10+. The molecular weight excluding hydrogens is 454 g/mol. The Morgan fingerprint density at radius 3 is 2.90 bits per heavy atom. The number of hydrogen-bond acceptors (Lipinski definition) is 6. The molecule has 0 radical (unpaired) electrons. The molecule has 2 aromatic heterocycles. The number of phenolic OH excluding ortho intramolecular Hbond substituents is 1. The molecule has 0 amide bonds. The first-order valence-corrected chi connectivity index (χ1v) is 11.3. The van der Waals surface area contributed by atoms with Crippen LogP contribution in [0.4, 0.5) is 5.00 Å². The monoisotopic (exact) mass is 475 g/mol. The zero-order chi connectivity index (χ0) is 20.7. The van der Waals surface area contributed by atoms with E-state index >= 15 is 0 Å². The summed E-state index contributed by atoms with van der Waals surface area (Å²) in [6, 6.07) is 1.81. The highest BCUT2D eigenvalue weighted by atomic mass is 79.9. The molecule has 0 unspecified atom stereocenters. The van der Waals surface area contributed by atoms with Crippen molar-refractivity contribution in [2.75, 3.05) is 6.61 Å². The van der Waals surface area contributed by atoms with Crippen LogP contribution in [0.25, 0.3) is 11.0 Å². The molecule has 1 aliphatic rings. The highest BCUT2D eigenvalue weighted by Gasteiger charge is 2.24. The molecule has 7 heteroatoms. The smallest absolute Gasteiger partial charge is 0.341 e. The number of carbonyl (C=O) groups is 1. The van der Waals surface area contributed by atoms with Gasteiger partial charge in [-0.1, -0.05) is 0 Å². The molecule has 0 fully saturated rings. The van der Waals surface area contributed by atoms with Gasteiger partial charge in [0, 0.05) is 34.0 Å². The Balaban J connectivity index is 1.86. The molecule has 4 rings (SSSR count). The minimum Gasteiger partial charge on any atom is -0.506 e. The summed E-state index contributed by atoms with van der Waals surface area (Å²) in [5, 5.41) is 12.2. The van der Waals surface area contributed by atoms with Crippen molar-refractivity contribution in [3.63, 3.8) is 0 Å². The minimum atomic E-state index is -0.370. The zero-order valence-corrected chi connectivity index (χ0v) is 19.0. The number of nitrogens with zero attached hydrogens (tertiary/aromatic N) is 1. The van der Waals surface area contributed by atoms with Crippen LogP contribution in [0.15, 0.2) is 19.9 Å². The van der Waals surface area contributed by atoms with Crippen LogP contribution in [0.3, 0.4) is 0 Å². The van der Waals surface area contributed by atoms with E-state index in [0.717, 1.165) is 58.4 Å². The Kier molecular flexibility index (Phi) is 5.53. The van der Waals surface area contributed by atoms with Gasteiger partial charge in [-0.25, -0.2) is 9.79 Å². The zero-order valence-electron chi connectivity index (χ0n) is 16.6. The summed E-state index contributed by atoms with van der Waals surface area (Å²) in [6.07, 6.45) is 5.69. The van der Waals surface area contributed by atoms with Gasteiger partial charge in [0.2, 0.25) is 0 Å². The van der Waals surface area contributed by atoms with Gasteiger partial charge in [0.05, 0.1) is 16.6 Å². The molecule has 1 aliphatic carbocycles. The number of ether oxygens (including phenoxy) is 1. The van der Waals surface area contributed by atoms with Gasteiger partial charge in [0.15, 0.2) is 0 Å². The molecular formula is C22H22BrNO4S. The van der Waals surface area contributed by atoms with Gasteiger partial charge in [0.25, 0.3) is 0 Å². The van der Waals surface area contributed by atoms with Crippen molar-refractivity contribution in [3.05, 3.63) is 43.4 Å². The number of hydrogen-bond donors (Lipinski definition) is 1. The summed E-state index contributed by atoms with van der Waals surface area (Å²) in [4.78, 5) is 18.1. The molecule has 3 aromatic rings. The quantitative estimate of drug-likeness (QED) is 0.350. The van der Waals surface area contributed by atoms with Gasteiger partial charge in [-0.15, -0.1) is 11.3 Å². The van der Waals surface area contributed by atoms with Crippen molar-refractivity contribution >= 4 is 55.4 Å². The van der Waals surface area contributed by atoms with Crippen molar-refractivity contribution < 1.29 is 19.1 Å². The molecule has 5 nitrogen and oxygen atoms in total. The number of furan rings is 1. The van der Waals surface area contributed by atoms with Crippen molar-refractivity contribution in [3.8, 4) is 5.75 Å². The molecule has 0 spiro atoms. The Morgan fingerprint density at radius 2 is 2.14 bits per heavy atom. The molecule has 0 saturated carbocycles. The third-order valence-corrected chi connectivity index (χ3v) is 7.08. The van der Waals surface area contributed by atoms with Gasteiger partial charge in [-0.05, 0) is 67.6 Å². The number of carbonyl (C=O) groups excluding carboxylic acids is 1.